The standard InChI is InChI=1S/C26H25ClFN3O4S/c27-20-10-12-21(13-11-20)36(34,35)31(24-8-4-5-15-29-26(24)33)17-18-9-14-23(22(28)16-18)30-25(32)19-6-2-1-3-7-19/h1-3,6-7,9-14,16,24H,4-5,8,15,17H2,(H,29,33)(H,30,32)/t24-/m1/s1. The largest absolute Gasteiger partial charge is 0.355 e. The fraction of sp³-hybridized carbons (Fsp3) is 0.231. The van der Waals surface area contributed by atoms with Gasteiger partial charge < -0.3 is 10.6 Å². The average molecular weight is 530 g/mol. The molecule has 36 heavy (non-hydrogen) atoms. The molecule has 1 fully saturated rings. The Hall–Kier alpha value is -3.27. The van der Waals surface area contributed by atoms with E-state index in [1.807, 2.05) is 0 Å². The summed E-state index contributed by atoms with van der Waals surface area (Å²) in [7, 11) is -4.12. The molecule has 1 atom stereocenters. The highest BCUT2D eigenvalue weighted by atomic mass is 35.5. The Balaban J connectivity index is 1.63. The van der Waals surface area contributed by atoms with Crippen molar-refractivity contribution in [2.75, 3.05) is 11.9 Å². The summed E-state index contributed by atoms with van der Waals surface area (Å²) in [5.74, 6) is -1.58. The number of halogens is 2. The minimum Gasteiger partial charge on any atom is -0.355 e. The number of nitrogens with zero attached hydrogens (tertiary/aromatic N) is 1. The van der Waals surface area contributed by atoms with E-state index in [1.165, 1.54) is 42.5 Å². The number of amides is 2. The zero-order chi connectivity index (χ0) is 25.7. The van der Waals surface area contributed by atoms with Crippen LogP contribution in [-0.4, -0.2) is 37.1 Å². The number of benzene rings is 3. The average Bonchev–Trinajstić information content (AvgIpc) is 3.08. The Morgan fingerprint density at radius 1 is 1.06 bits per heavy atom. The van der Waals surface area contributed by atoms with Gasteiger partial charge in [0.05, 0.1) is 10.6 Å². The van der Waals surface area contributed by atoms with E-state index in [4.69, 9.17) is 11.6 Å². The summed E-state index contributed by atoms with van der Waals surface area (Å²) in [6, 6.07) is 17.2. The minimum absolute atomic E-state index is 0.0174. The molecule has 1 aliphatic rings. The maximum atomic E-state index is 14.9. The van der Waals surface area contributed by atoms with Gasteiger partial charge in [-0.3, -0.25) is 9.59 Å². The molecule has 188 valence electrons. The van der Waals surface area contributed by atoms with E-state index < -0.39 is 33.7 Å². The molecular formula is C26H25ClFN3O4S. The third-order valence-corrected chi connectivity index (χ3v) is 8.05. The van der Waals surface area contributed by atoms with Crippen molar-refractivity contribution in [1.29, 1.82) is 0 Å². The Morgan fingerprint density at radius 2 is 1.78 bits per heavy atom. The summed E-state index contributed by atoms with van der Waals surface area (Å²) < 4.78 is 43.3. The third kappa shape index (κ3) is 5.92. The van der Waals surface area contributed by atoms with Crippen LogP contribution in [-0.2, 0) is 21.4 Å². The SMILES string of the molecule is O=C(Nc1ccc(CN([C@@H]2CCCCNC2=O)S(=O)(=O)c2ccc(Cl)cc2)cc1F)c1ccccc1. The Kier molecular flexibility index (Phi) is 8.03. The fourth-order valence-corrected chi connectivity index (χ4v) is 5.76. The van der Waals surface area contributed by atoms with Crippen LogP contribution in [0.25, 0.3) is 0 Å². The fourth-order valence-electron chi connectivity index (χ4n) is 4.02. The van der Waals surface area contributed by atoms with Crippen LogP contribution in [0.15, 0.2) is 77.7 Å². The Labute approximate surface area is 214 Å². The monoisotopic (exact) mass is 529 g/mol. The number of hydrogen-bond donors (Lipinski definition) is 2. The molecule has 4 rings (SSSR count). The first-order valence-electron chi connectivity index (χ1n) is 11.5. The van der Waals surface area contributed by atoms with Crippen LogP contribution in [0.1, 0.15) is 35.2 Å². The highest BCUT2D eigenvalue weighted by Gasteiger charge is 2.36. The Bertz CT molecular complexity index is 1350. The highest BCUT2D eigenvalue weighted by Crippen LogP contribution is 2.27. The van der Waals surface area contributed by atoms with Gasteiger partial charge >= 0.3 is 0 Å². The molecule has 3 aromatic rings. The number of hydrogen-bond acceptors (Lipinski definition) is 4. The predicted molar refractivity (Wildman–Crippen MR) is 136 cm³/mol. The molecule has 0 aliphatic carbocycles. The van der Waals surface area contributed by atoms with Crippen molar-refractivity contribution >= 4 is 39.1 Å². The molecule has 3 aromatic carbocycles. The van der Waals surface area contributed by atoms with Gasteiger partial charge in [-0.2, -0.15) is 4.31 Å². The van der Waals surface area contributed by atoms with Gasteiger partial charge in [-0.15, -0.1) is 0 Å². The van der Waals surface area contributed by atoms with Gasteiger partial charge in [-0.1, -0.05) is 35.9 Å². The summed E-state index contributed by atoms with van der Waals surface area (Å²) in [4.78, 5) is 25.2. The van der Waals surface area contributed by atoms with Crippen LogP contribution in [0.3, 0.4) is 0 Å². The van der Waals surface area contributed by atoms with Crippen molar-refractivity contribution in [3.05, 3.63) is 94.8 Å². The first kappa shape index (κ1) is 25.8. The maximum absolute atomic E-state index is 14.9. The normalized spacial score (nSPS) is 16.3. The smallest absolute Gasteiger partial charge is 0.255 e. The van der Waals surface area contributed by atoms with E-state index in [1.54, 1.807) is 30.3 Å². The van der Waals surface area contributed by atoms with Crippen molar-refractivity contribution in [1.82, 2.24) is 9.62 Å². The highest BCUT2D eigenvalue weighted by molar-refractivity contribution is 7.89. The van der Waals surface area contributed by atoms with E-state index in [-0.39, 0.29) is 17.1 Å². The first-order chi connectivity index (χ1) is 17.3. The van der Waals surface area contributed by atoms with E-state index in [0.717, 1.165) is 10.7 Å². The summed E-state index contributed by atoms with van der Waals surface area (Å²) in [5.41, 5.74) is 0.673. The summed E-state index contributed by atoms with van der Waals surface area (Å²) in [5, 5.41) is 5.67. The lowest BCUT2D eigenvalue weighted by Gasteiger charge is -2.29. The second-order valence-corrected chi connectivity index (χ2v) is 10.8. The molecule has 0 bridgehead atoms. The lowest BCUT2D eigenvalue weighted by atomic mass is 10.1. The van der Waals surface area contributed by atoms with Crippen LogP contribution < -0.4 is 10.6 Å². The van der Waals surface area contributed by atoms with Crippen molar-refractivity contribution in [3.8, 4) is 0 Å². The first-order valence-corrected chi connectivity index (χ1v) is 13.3. The van der Waals surface area contributed by atoms with Crippen molar-refractivity contribution in [2.45, 2.75) is 36.7 Å². The molecule has 0 saturated carbocycles. The van der Waals surface area contributed by atoms with Crippen LogP contribution >= 0.6 is 11.6 Å². The molecule has 0 spiro atoms. The molecule has 7 nitrogen and oxygen atoms in total. The number of sulfonamides is 1. The van der Waals surface area contributed by atoms with Gasteiger partial charge in [0.2, 0.25) is 15.9 Å². The second-order valence-electron chi connectivity index (χ2n) is 8.44. The van der Waals surface area contributed by atoms with Gasteiger partial charge in [-0.05, 0) is 73.4 Å². The molecule has 2 N–H and O–H groups in total. The van der Waals surface area contributed by atoms with Gasteiger partial charge in [0.25, 0.3) is 5.91 Å². The summed E-state index contributed by atoms with van der Waals surface area (Å²) in [6.07, 6.45) is 1.74. The van der Waals surface area contributed by atoms with Gasteiger partial charge in [0.15, 0.2) is 0 Å². The van der Waals surface area contributed by atoms with Crippen LogP contribution in [0, 0.1) is 5.82 Å². The molecule has 0 aromatic heterocycles. The number of nitrogens with one attached hydrogen (secondary N) is 2. The van der Waals surface area contributed by atoms with E-state index in [9.17, 15) is 22.4 Å². The molecule has 0 radical (unpaired) electrons. The molecular weight excluding hydrogens is 505 g/mol. The van der Waals surface area contributed by atoms with E-state index >= 15 is 0 Å². The third-order valence-electron chi connectivity index (χ3n) is 5.93. The number of anilines is 1. The number of carbonyl (C=O) groups is 2. The van der Waals surface area contributed by atoms with E-state index in [2.05, 4.69) is 10.6 Å². The summed E-state index contributed by atoms with van der Waals surface area (Å²) in [6.45, 7) is 0.238. The van der Waals surface area contributed by atoms with Crippen LogP contribution in [0.4, 0.5) is 10.1 Å². The lowest BCUT2D eigenvalue weighted by Crippen LogP contribution is -2.48. The van der Waals surface area contributed by atoms with Crippen LogP contribution in [0.5, 0.6) is 0 Å². The molecule has 2 amide bonds. The molecule has 0 unspecified atom stereocenters. The topological polar surface area (TPSA) is 95.6 Å². The maximum Gasteiger partial charge on any atom is 0.255 e. The quantitative estimate of drug-likeness (QED) is 0.468. The predicted octanol–water partition coefficient (Wildman–Crippen LogP) is 4.59. The Morgan fingerprint density at radius 3 is 2.47 bits per heavy atom. The van der Waals surface area contributed by atoms with Crippen molar-refractivity contribution in [3.63, 3.8) is 0 Å². The van der Waals surface area contributed by atoms with E-state index in [0.29, 0.717) is 35.5 Å². The zero-order valence-corrected chi connectivity index (χ0v) is 20.9. The molecule has 1 aliphatic heterocycles. The van der Waals surface area contributed by atoms with Gasteiger partial charge in [-0.25, -0.2) is 12.8 Å². The molecule has 1 saturated heterocycles. The van der Waals surface area contributed by atoms with Crippen molar-refractivity contribution in [2.24, 2.45) is 0 Å². The minimum atomic E-state index is -4.12. The molecule has 10 heteroatoms. The number of carbonyl (C=O) groups excluding carboxylic acids is 2. The van der Waals surface area contributed by atoms with Gasteiger partial charge in [0.1, 0.15) is 11.9 Å². The summed E-state index contributed by atoms with van der Waals surface area (Å²) >= 11 is 5.93. The lowest BCUT2D eigenvalue weighted by molar-refractivity contribution is -0.124. The van der Waals surface area contributed by atoms with Gasteiger partial charge in [0, 0.05) is 23.7 Å². The molecule has 1 heterocycles. The number of rotatable bonds is 7. The van der Waals surface area contributed by atoms with Crippen LogP contribution in [0.2, 0.25) is 5.02 Å². The van der Waals surface area contributed by atoms with Crippen molar-refractivity contribution < 1.29 is 22.4 Å². The zero-order valence-electron chi connectivity index (χ0n) is 19.3. The second kappa shape index (κ2) is 11.2.